The smallest absolute Gasteiger partial charge is 0.263 e. The third-order valence-corrected chi connectivity index (χ3v) is 3.46. The lowest BCUT2D eigenvalue weighted by atomic mass is 10.2. The Morgan fingerprint density at radius 3 is 2.50 bits per heavy atom. The van der Waals surface area contributed by atoms with Crippen LogP contribution in [0.3, 0.4) is 0 Å². The summed E-state index contributed by atoms with van der Waals surface area (Å²) in [5, 5.41) is 12.5. The van der Waals surface area contributed by atoms with Crippen LogP contribution in [0.2, 0.25) is 5.02 Å². The van der Waals surface area contributed by atoms with Gasteiger partial charge in [-0.1, -0.05) is 43.6 Å². The van der Waals surface area contributed by atoms with Crippen LogP contribution in [0.4, 0.5) is 0 Å². The second-order valence-corrected chi connectivity index (χ2v) is 5.37. The zero-order valence-corrected chi connectivity index (χ0v) is 13.9. The van der Waals surface area contributed by atoms with E-state index in [0.29, 0.717) is 11.6 Å². The topological polar surface area (TPSA) is 56.1 Å². The number of nitriles is 1. The molecule has 1 aromatic rings. The monoisotopic (exact) mass is 319 g/mol. The highest BCUT2D eigenvalue weighted by atomic mass is 35.5. The number of benzene rings is 1. The van der Waals surface area contributed by atoms with Gasteiger partial charge in [-0.2, -0.15) is 5.26 Å². The molecule has 0 fully saturated rings. The molecule has 0 aliphatic rings. The molecule has 0 aliphatic carbocycles. The van der Waals surface area contributed by atoms with Crippen LogP contribution in [0, 0.1) is 11.3 Å². The Morgan fingerprint density at radius 2 is 1.95 bits per heavy atom. The number of carbonyl (C=O) groups excluding carboxylic acids is 1. The van der Waals surface area contributed by atoms with Gasteiger partial charge in [0.15, 0.2) is 0 Å². The van der Waals surface area contributed by atoms with Crippen LogP contribution in [-0.4, -0.2) is 23.9 Å². The standard InChI is InChI=1S/C17H22ClN3O/c1-3-9-21(10-4-2)13-15(11-19)17(22)20-12-14-7-5-6-8-16(14)18/h5-8,13H,3-4,9-10,12H2,1-2H3,(H,20,22)/b15-13-. The molecule has 0 unspecified atom stereocenters. The molecule has 1 rings (SSSR count). The van der Waals surface area contributed by atoms with E-state index in [1.807, 2.05) is 29.2 Å². The number of rotatable bonds is 8. The molecule has 0 aliphatic heterocycles. The van der Waals surface area contributed by atoms with Crippen LogP contribution in [0.25, 0.3) is 0 Å². The first-order valence-electron chi connectivity index (χ1n) is 7.49. The van der Waals surface area contributed by atoms with E-state index in [-0.39, 0.29) is 11.5 Å². The predicted octanol–water partition coefficient (Wildman–Crippen LogP) is 3.49. The summed E-state index contributed by atoms with van der Waals surface area (Å²) < 4.78 is 0. The Kier molecular flexibility index (Phi) is 8.09. The molecule has 4 nitrogen and oxygen atoms in total. The summed E-state index contributed by atoms with van der Waals surface area (Å²) in [5.41, 5.74) is 0.947. The summed E-state index contributed by atoms with van der Waals surface area (Å²) in [5.74, 6) is -0.375. The average Bonchev–Trinajstić information content (AvgIpc) is 2.51. The van der Waals surface area contributed by atoms with Crippen LogP contribution in [0.5, 0.6) is 0 Å². The summed E-state index contributed by atoms with van der Waals surface area (Å²) in [4.78, 5) is 14.1. The van der Waals surface area contributed by atoms with Crippen molar-refractivity contribution < 1.29 is 4.79 Å². The third kappa shape index (κ3) is 5.79. The lowest BCUT2D eigenvalue weighted by Gasteiger charge is -2.19. The quantitative estimate of drug-likeness (QED) is 0.589. The van der Waals surface area contributed by atoms with Gasteiger partial charge in [-0.25, -0.2) is 0 Å². The van der Waals surface area contributed by atoms with E-state index >= 15 is 0 Å². The largest absolute Gasteiger partial charge is 0.376 e. The van der Waals surface area contributed by atoms with Crippen LogP contribution in [0.1, 0.15) is 32.3 Å². The van der Waals surface area contributed by atoms with Gasteiger partial charge in [0.1, 0.15) is 11.6 Å². The van der Waals surface area contributed by atoms with Crippen molar-refractivity contribution in [1.29, 1.82) is 5.26 Å². The highest BCUT2D eigenvalue weighted by Crippen LogP contribution is 2.14. The summed E-state index contributed by atoms with van der Waals surface area (Å²) in [7, 11) is 0. The molecule has 1 aromatic carbocycles. The molecule has 0 spiro atoms. The maximum Gasteiger partial charge on any atom is 0.263 e. The molecular formula is C17H22ClN3O. The highest BCUT2D eigenvalue weighted by molar-refractivity contribution is 6.31. The molecule has 0 saturated carbocycles. The summed E-state index contributed by atoms with van der Waals surface area (Å²) in [6.45, 7) is 6.10. The van der Waals surface area contributed by atoms with E-state index in [4.69, 9.17) is 11.6 Å². The van der Waals surface area contributed by atoms with E-state index < -0.39 is 0 Å². The van der Waals surface area contributed by atoms with Gasteiger partial charge in [-0.05, 0) is 24.5 Å². The maximum atomic E-state index is 12.1. The van der Waals surface area contributed by atoms with Crippen molar-refractivity contribution in [1.82, 2.24) is 10.2 Å². The number of nitrogens with zero attached hydrogens (tertiary/aromatic N) is 2. The van der Waals surface area contributed by atoms with Gasteiger partial charge in [-0.3, -0.25) is 4.79 Å². The van der Waals surface area contributed by atoms with E-state index in [1.165, 1.54) is 0 Å². The minimum absolute atomic E-state index is 0.119. The van der Waals surface area contributed by atoms with Gasteiger partial charge >= 0.3 is 0 Å². The van der Waals surface area contributed by atoms with E-state index in [2.05, 4.69) is 19.2 Å². The van der Waals surface area contributed by atoms with Gasteiger partial charge in [0.05, 0.1) is 0 Å². The number of hydrogen-bond donors (Lipinski definition) is 1. The number of carbonyl (C=O) groups is 1. The maximum absolute atomic E-state index is 12.1. The normalized spacial score (nSPS) is 10.9. The fourth-order valence-electron chi connectivity index (χ4n) is 2.05. The Hall–Kier alpha value is -1.99. The predicted molar refractivity (Wildman–Crippen MR) is 89.1 cm³/mol. The fraction of sp³-hybridized carbons (Fsp3) is 0.412. The van der Waals surface area contributed by atoms with Gasteiger partial charge in [-0.15, -0.1) is 0 Å². The van der Waals surface area contributed by atoms with Crippen molar-refractivity contribution in [3.63, 3.8) is 0 Å². The number of amides is 1. The van der Waals surface area contributed by atoms with E-state index in [1.54, 1.807) is 12.3 Å². The Labute approximate surface area is 137 Å². The Morgan fingerprint density at radius 1 is 1.32 bits per heavy atom. The lowest BCUT2D eigenvalue weighted by Crippen LogP contribution is -2.27. The summed E-state index contributed by atoms with van der Waals surface area (Å²) in [6.07, 6.45) is 3.59. The number of nitrogens with one attached hydrogen (secondary N) is 1. The van der Waals surface area contributed by atoms with E-state index in [9.17, 15) is 10.1 Å². The van der Waals surface area contributed by atoms with Crippen LogP contribution >= 0.6 is 11.6 Å². The first-order chi connectivity index (χ1) is 10.6. The van der Waals surface area contributed by atoms with Crippen LogP contribution in [0.15, 0.2) is 36.0 Å². The molecule has 22 heavy (non-hydrogen) atoms. The van der Waals surface area contributed by atoms with Crippen molar-refractivity contribution in [3.05, 3.63) is 46.6 Å². The SMILES string of the molecule is CCCN(/C=C(/C#N)C(=O)NCc1ccccc1Cl)CCC. The second kappa shape index (κ2) is 9.86. The number of halogens is 1. The van der Waals surface area contributed by atoms with Gasteiger partial charge in [0.25, 0.3) is 5.91 Å². The highest BCUT2D eigenvalue weighted by Gasteiger charge is 2.11. The van der Waals surface area contributed by atoms with Gasteiger partial charge < -0.3 is 10.2 Å². The summed E-state index contributed by atoms with van der Waals surface area (Å²) in [6, 6.07) is 9.29. The summed E-state index contributed by atoms with van der Waals surface area (Å²) >= 11 is 6.05. The third-order valence-electron chi connectivity index (χ3n) is 3.10. The molecule has 0 radical (unpaired) electrons. The molecule has 0 saturated heterocycles. The molecule has 0 atom stereocenters. The molecule has 5 heteroatoms. The first-order valence-corrected chi connectivity index (χ1v) is 7.87. The fourth-order valence-corrected chi connectivity index (χ4v) is 2.25. The molecule has 0 bridgehead atoms. The Bertz CT molecular complexity index is 557. The molecule has 118 valence electrons. The first kappa shape index (κ1) is 18.1. The van der Waals surface area contributed by atoms with Crippen molar-refractivity contribution >= 4 is 17.5 Å². The zero-order valence-electron chi connectivity index (χ0n) is 13.1. The van der Waals surface area contributed by atoms with Gasteiger partial charge in [0, 0.05) is 30.9 Å². The van der Waals surface area contributed by atoms with Crippen LogP contribution in [-0.2, 0) is 11.3 Å². The molecular weight excluding hydrogens is 298 g/mol. The molecule has 0 aromatic heterocycles. The average molecular weight is 320 g/mol. The zero-order chi connectivity index (χ0) is 16.4. The second-order valence-electron chi connectivity index (χ2n) is 4.96. The molecule has 1 N–H and O–H groups in total. The lowest BCUT2D eigenvalue weighted by molar-refractivity contribution is -0.117. The van der Waals surface area contributed by atoms with Gasteiger partial charge in [0.2, 0.25) is 0 Å². The van der Waals surface area contributed by atoms with Crippen molar-refractivity contribution in [2.45, 2.75) is 33.2 Å². The Balaban J connectivity index is 2.71. The van der Waals surface area contributed by atoms with Crippen molar-refractivity contribution in [2.75, 3.05) is 13.1 Å². The molecule has 0 heterocycles. The minimum Gasteiger partial charge on any atom is -0.376 e. The minimum atomic E-state index is -0.375. The van der Waals surface area contributed by atoms with Crippen LogP contribution < -0.4 is 5.32 Å². The number of hydrogen-bond acceptors (Lipinski definition) is 3. The molecule has 1 amide bonds. The van der Waals surface area contributed by atoms with Crippen molar-refractivity contribution in [3.8, 4) is 6.07 Å². The van der Waals surface area contributed by atoms with Crippen molar-refractivity contribution in [2.24, 2.45) is 0 Å². The van der Waals surface area contributed by atoms with E-state index in [0.717, 1.165) is 31.5 Å².